The molecule has 0 spiro atoms. The van der Waals surface area contributed by atoms with Crippen molar-refractivity contribution in [2.24, 2.45) is 0 Å². The number of esters is 2. The minimum Gasteiger partial charge on any atom is -0.465 e. The summed E-state index contributed by atoms with van der Waals surface area (Å²) in [6.07, 6.45) is 3.09. The Kier molecular flexibility index (Phi) is 5.41. The SMILES string of the molecule is COC(=O)c1c(C)[nH]c(C(=O)OCC(=O)N2CCCCC2)c1C. The average molecular weight is 322 g/mol. The normalized spacial score (nSPS) is 14.5. The van der Waals surface area contributed by atoms with E-state index in [4.69, 9.17) is 9.47 Å². The van der Waals surface area contributed by atoms with Crippen LogP contribution in [-0.2, 0) is 14.3 Å². The summed E-state index contributed by atoms with van der Waals surface area (Å²) >= 11 is 0. The highest BCUT2D eigenvalue weighted by molar-refractivity contribution is 5.99. The summed E-state index contributed by atoms with van der Waals surface area (Å²) in [6, 6.07) is 0. The van der Waals surface area contributed by atoms with E-state index >= 15 is 0 Å². The van der Waals surface area contributed by atoms with Crippen molar-refractivity contribution < 1.29 is 23.9 Å². The Morgan fingerprint density at radius 2 is 1.74 bits per heavy atom. The van der Waals surface area contributed by atoms with Gasteiger partial charge >= 0.3 is 11.9 Å². The quantitative estimate of drug-likeness (QED) is 0.850. The Balaban J connectivity index is 2.01. The fraction of sp³-hybridized carbons (Fsp3) is 0.562. The molecule has 1 aromatic rings. The van der Waals surface area contributed by atoms with Gasteiger partial charge in [0.1, 0.15) is 5.69 Å². The Morgan fingerprint density at radius 1 is 1.09 bits per heavy atom. The molecule has 1 amide bonds. The molecule has 23 heavy (non-hydrogen) atoms. The lowest BCUT2D eigenvalue weighted by Gasteiger charge is -2.26. The van der Waals surface area contributed by atoms with Crippen LogP contribution < -0.4 is 0 Å². The maximum Gasteiger partial charge on any atom is 0.355 e. The highest BCUT2D eigenvalue weighted by Gasteiger charge is 2.24. The van der Waals surface area contributed by atoms with Crippen LogP contribution in [0, 0.1) is 13.8 Å². The number of methoxy groups -OCH3 is 1. The summed E-state index contributed by atoms with van der Waals surface area (Å²) in [5, 5.41) is 0. The maximum atomic E-state index is 12.2. The van der Waals surface area contributed by atoms with Crippen molar-refractivity contribution in [1.29, 1.82) is 0 Å². The summed E-state index contributed by atoms with van der Waals surface area (Å²) in [6.45, 7) is 4.45. The number of aryl methyl sites for hydroxylation is 1. The van der Waals surface area contributed by atoms with Crippen molar-refractivity contribution in [3.8, 4) is 0 Å². The number of carbonyl (C=O) groups excluding carboxylic acids is 3. The van der Waals surface area contributed by atoms with Crippen molar-refractivity contribution in [2.75, 3.05) is 26.8 Å². The van der Waals surface area contributed by atoms with Crippen molar-refractivity contribution in [3.05, 3.63) is 22.5 Å². The van der Waals surface area contributed by atoms with Crippen molar-refractivity contribution >= 4 is 17.8 Å². The molecule has 0 atom stereocenters. The number of nitrogens with one attached hydrogen (secondary N) is 1. The zero-order chi connectivity index (χ0) is 17.0. The second-order valence-electron chi connectivity index (χ2n) is 5.63. The molecule has 2 rings (SSSR count). The Bertz CT molecular complexity index is 614. The minimum absolute atomic E-state index is 0.175. The summed E-state index contributed by atoms with van der Waals surface area (Å²) in [5.74, 6) is -1.35. The van der Waals surface area contributed by atoms with Crippen LogP contribution in [0.4, 0.5) is 0 Å². The van der Waals surface area contributed by atoms with E-state index in [1.807, 2.05) is 0 Å². The largest absolute Gasteiger partial charge is 0.465 e. The maximum absolute atomic E-state index is 12.2. The van der Waals surface area contributed by atoms with Gasteiger partial charge in [-0.3, -0.25) is 4.79 Å². The lowest BCUT2D eigenvalue weighted by molar-refractivity contribution is -0.135. The van der Waals surface area contributed by atoms with E-state index < -0.39 is 11.9 Å². The Labute approximate surface area is 134 Å². The molecule has 2 heterocycles. The molecule has 1 saturated heterocycles. The summed E-state index contributed by atoms with van der Waals surface area (Å²) in [7, 11) is 1.28. The van der Waals surface area contributed by atoms with Gasteiger partial charge in [-0.15, -0.1) is 0 Å². The molecule has 1 aromatic heterocycles. The van der Waals surface area contributed by atoms with Gasteiger partial charge in [0.05, 0.1) is 12.7 Å². The van der Waals surface area contributed by atoms with Gasteiger partial charge in [-0.1, -0.05) is 0 Å². The monoisotopic (exact) mass is 322 g/mol. The average Bonchev–Trinajstić information content (AvgIpc) is 2.87. The van der Waals surface area contributed by atoms with Gasteiger partial charge in [-0.25, -0.2) is 9.59 Å². The molecule has 0 radical (unpaired) electrons. The molecule has 0 saturated carbocycles. The number of rotatable bonds is 4. The van der Waals surface area contributed by atoms with Crippen LogP contribution in [0.3, 0.4) is 0 Å². The van der Waals surface area contributed by atoms with E-state index in [0.29, 0.717) is 29.9 Å². The standard InChI is InChI=1S/C16H22N2O5/c1-10-13(15(20)22-3)11(2)17-14(10)16(21)23-9-12(19)18-7-5-4-6-8-18/h17H,4-9H2,1-3H3. The predicted molar refractivity (Wildman–Crippen MR) is 82.3 cm³/mol. The van der Waals surface area contributed by atoms with Gasteiger partial charge in [-0.2, -0.15) is 0 Å². The number of H-pyrrole nitrogens is 1. The Hall–Kier alpha value is -2.31. The molecule has 1 fully saturated rings. The third-order valence-corrected chi connectivity index (χ3v) is 4.07. The van der Waals surface area contributed by atoms with Crippen LogP contribution in [0.1, 0.15) is 51.4 Å². The Morgan fingerprint density at radius 3 is 2.35 bits per heavy atom. The van der Waals surface area contributed by atoms with E-state index in [1.54, 1.807) is 18.7 Å². The number of likely N-dealkylation sites (tertiary alicyclic amines) is 1. The van der Waals surface area contributed by atoms with Crippen LogP contribution in [0.2, 0.25) is 0 Å². The number of hydrogen-bond acceptors (Lipinski definition) is 5. The zero-order valence-corrected chi connectivity index (χ0v) is 13.7. The molecule has 0 aliphatic carbocycles. The molecule has 0 unspecified atom stereocenters. The first-order valence-corrected chi connectivity index (χ1v) is 7.68. The summed E-state index contributed by atoms with van der Waals surface area (Å²) in [5.41, 5.74) is 1.49. The first-order chi connectivity index (χ1) is 11.0. The van der Waals surface area contributed by atoms with Gasteiger partial charge in [0.15, 0.2) is 6.61 Å². The van der Waals surface area contributed by atoms with Crippen LogP contribution in [0.25, 0.3) is 0 Å². The number of hydrogen-bond donors (Lipinski definition) is 1. The number of nitrogens with zero attached hydrogens (tertiary/aromatic N) is 1. The van der Waals surface area contributed by atoms with Gasteiger partial charge in [-0.05, 0) is 38.7 Å². The van der Waals surface area contributed by atoms with Gasteiger partial charge in [0.2, 0.25) is 0 Å². The smallest absolute Gasteiger partial charge is 0.355 e. The minimum atomic E-state index is -0.647. The fourth-order valence-corrected chi connectivity index (χ4v) is 2.80. The molecule has 1 aliphatic heterocycles. The number of aromatic amines is 1. The molecule has 7 nitrogen and oxygen atoms in total. The number of aromatic nitrogens is 1. The van der Waals surface area contributed by atoms with E-state index in [2.05, 4.69) is 4.98 Å². The van der Waals surface area contributed by atoms with Crippen molar-refractivity contribution in [1.82, 2.24) is 9.88 Å². The van der Waals surface area contributed by atoms with E-state index in [1.165, 1.54) is 7.11 Å². The van der Waals surface area contributed by atoms with Crippen LogP contribution in [0.5, 0.6) is 0 Å². The molecule has 0 aromatic carbocycles. The zero-order valence-electron chi connectivity index (χ0n) is 13.7. The van der Waals surface area contributed by atoms with Crippen molar-refractivity contribution in [3.63, 3.8) is 0 Å². The molecular formula is C16H22N2O5. The molecule has 7 heteroatoms. The van der Waals surface area contributed by atoms with Crippen LogP contribution in [-0.4, -0.2) is 54.5 Å². The fourth-order valence-electron chi connectivity index (χ4n) is 2.80. The highest BCUT2D eigenvalue weighted by atomic mass is 16.5. The molecule has 126 valence electrons. The van der Waals surface area contributed by atoms with E-state index in [-0.39, 0.29) is 18.2 Å². The number of carbonyl (C=O) groups is 3. The van der Waals surface area contributed by atoms with Gasteiger partial charge < -0.3 is 19.4 Å². The second-order valence-corrected chi connectivity index (χ2v) is 5.63. The lowest BCUT2D eigenvalue weighted by atomic mass is 10.1. The lowest BCUT2D eigenvalue weighted by Crippen LogP contribution is -2.38. The first-order valence-electron chi connectivity index (χ1n) is 7.68. The van der Waals surface area contributed by atoms with Gasteiger partial charge in [0.25, 0.3) is 5.91 Å². The second kappa shape index (κ2) is 7.30. The molecular weight excluding hydrogens is 300 g/mol. The molecule has 1 N–H and O–H groups in total. The highest BCUT2D eigenvalue weighted by Crippen LogP contribution is 2.19. The number of amides is 1. The van der Waals surface area contributed by atoms with Crippen molar-refractivity contribution in [2.45, 2.75) is 33.1 Å². The first kappa shape index (κ1) is 17.1. The molecule has 0 bridgehead atoms. The summed E-state index contributed by atoms with van der Waals surface area (Å²) in [4.78, 5) is 40.4. The number of piperidine rings is 1. The van der Waals surface area contributed by atoms with Crippen LogP contribution in [0.15, 0.2) is 0 Å². The third-order valence-electron chi connectivity index (χ3n) is 4.07. The van der Waals surface area contributed by atoms with E-state index in [0.717, 1.165) is 19.3 Å². The summed E-state index contributed by atoms with van der Waals surface area (Å²) < 4.78 is 9.79. The number of ether oxygens (including phenoxy) is 2. The third kappa shape index (κ3) is 3.72. The van der Waals surface area contributed by atoms with Crippen LogP contribution >= 0.6 is 0 Å². The van der Waals surface area contributed by atoms with E-state index in [9.17, 15) is 14.4 Å². The predicted octanol–water partition coefficient (Wildman–Crippen LogP) is 1.59. The van der Waals surface area contributed by atoms with Gasteiger partial charge in [0, 0.05) is 18.8 Å². The topological polar surface area (TPSA) is 88.7 Å². The molecule has 1 aliphatic rings.